The summed E-state index contributed by atoms with van der Waals surface area (Å²) in [6.07, 6.45) is 2.26. The molecule has 148 valence electrons. The quantitative estimate of drug-likeness (QED) is 0.286. The van der Waals surface area contributed by atoms with E-state index >= 15 is 0 Å². The molecular weight excluding hydrogens is 360 g/mol. The van der Waals surface area contributed by atoms with Crippen LogP contribution in [0.1, 0.15) is 11.1 Å². The van der Waals surface area contributed by atoms with E-state index in [0.717, 1.165) is 11.1 Å². The number of benzene rings is 2. The first kappa shape index (κ1) is 19.9. The van der Waals surface area contributed by atoms with Crippen molar-refractivity contribution in [3.8, 4) is 17.2 Å². The van der Waals surface area contributed by atoms with Gasteiger partial charge in [-0.15, -0.1) is 0 Å². The number of rotatable bonds is 9. The molecule has 1 aliphatic heterocycles. The van der Waals surface area contributed by atoms with Crippen molar-refractivity contribution in [2.75, 3.05) is 40.6 Å². The molecule has 2 aromatic carbocycles. The maximum atomic E-state index is 12.5. The molecule has 0 unspecified atom stereocenters. The fourth-order valence-corrected chi connectivity index (χ4v) is 2.84. The van der Waals surface area contributed by atoms with Gasteiger partial charge in [-0.1, -0.05) is 30.3 Å². The Kier molecular flexibility index (Phi) is 7.06. The molecule has 0 spiro atoms. The zero-order chi connectivity index (χ0) is 19.8. The number of carbonyl (C=O) groups is 1. The molecule has 2 aromatic rings. The van der Waals surface area contributed by atoms with Gasteiger partial charge >= 0.3 is 5.97 Å². The molecule has 0 aromatic heterocycles. The highest BCUT2D eigenvalue weighted by Gasteiger charge is 2.27. The number of methoxy groups -OCH3 is 2. The van der Waals surface area contributed by atoms with Crippen molar-refractivity contribution in [3.63, 3.8) is 0 Å². The second-order valence-electron chi connectivity index (χ2n) is 6.23. The first-order chi connectivity index (χ1) is 13.7. The summed E-state index contributed by atoms with van der Waals surface area (Å²) in [6, 6.07) is 13.2. The van der Waals surface area contributed by atoms with Crippen molar-refractivity contribution >= 4 is 12.0 Å². The number of carbonyl (C=O) groups excluding carboxylic acids is 1. The van der Waals surface area contributed by atoms with Gasteiger partial charge in [-0.05, 0) is 11.6 Å². The van der Waals surface area contributed by atoms with Crippen LogP contribution in [0, 0.1) is 0 Å². The van der Waals surface area contributed by atoms with Gasteiger partial charge in [-0.2, -0.15) is 0 Å². The number of fused-ring (bicyclic) bond motifs is 1. The van der Waals surface area contributed by atoms with Crippen LogP contribution in [0.15, 0.2) is 48.0 Å². The molecule has 6 nitrogen and oxygen atoms in total. The number of hydrogen-bond donors (Lipinski definition) is 0. The Morgan fingerprint density at radius 1 is 0.964 bits per heavy atom. The van der Waals surface area contributed by atoms with E-state index in [1.54, 1.807) is 20.3 Å². The van der Waals surface area contributed by atoms with E-state index in [0.29, 0.717) is 55.7 Å². The highest BCUT2D eigenvalue weighted by atomic mass is 16.5. The minimum atomic E-state index is -0.367. The topological polar surface area (TPSA) is 63.2 Å². The highest BCUT2D eigenvalue weighted by molar-refractivity contribution is 5.97. The lowest BCUT2D eigenvalue weighted by atomic mass is 9.98. The summed E-state index contributed by atoms with van der Waals surface area (Å²) in [7, 11) is 3.23. The molecule has 0 aliphatic carbocycles. The normalized spacial score (nSPS) is 14.5. The lowest BCUT2D eigenvalue weighted by Gasteiger charge is -2.22. The summed E-state index contributed by atoms with van der Waals surface area (Å²) in [6.45, 7) is 1.69. The van der Waals surface area contributed by atoms with Crippen LogP contribution in [0.5, 0.6) is 17.2 Å². The Morgan fingerprint density at radius 3 is 2.39 bits per heavy atom. The second kappa shape index (κ2) is 9.92. The number of esters is 1. The Balaban J connectivity index is 1.89. The number of hydrogen-bond acceptors (Lipinski definition) is 6. The molecule has 0 bridgehead atoms. The Hall–Kier alpha value is -2.83. The van der Waals surface area contributed by atoms with Gasteiger partial charge in [0.15, 0.2) is 0 Å². The van der Waals surface area contributed by atoms with Crippen LogP contribution in [0.4, 0.5) is 0 Å². The Labute approximate surface area is 164 Å². The average Bonchev–Trinajstić information content (AvgIpc) is 2.70. The summed E-state index contributed by atoms with van der Waals surface area (Å²) in [5.41, 5.74) is 2.33. The van der Waals surface area contributed by atoms with Crippen LogP contribution in [0.25, 0.3) is 6.08 Å². The third-order valence-corrected chi connectivity index (χ3v) is 4.22. The standard InChI is InChI=1S/C22H24O6/c1-24-8-10-26-18-14-20(27-11-9-25-2)19-13-17(22(23)28-21(19)15-18)12-16-6-4-3-5-7-16/h3-7,12,14-15H,8-11,13H2,1-2H3. The summed E-state index contributed by atoms with van der Waals surface area (Å²) >= 11 is 0. The second-order valence-corrected chi connectivity index (χ2v) is 6.23. The summed E-state index contributed by atoms with van der Waals surface area (Å²) in [5.74, 6) is 1.27. The minimum absolute atomic E-state index is 0.367. The van der Waals surface area contributed by atoms with Crippen molar-refractivity contribution in [2.45, 2.75) is 6.42 Å². The Morgan fingerprint density at radius 2 is 1.68 bits per heavy atom. The highest BCUT2D eigenvalue weighted by Crippen LogP contribution is 2.39. The van der Waals surface area contributed by atoms with E-state index in [4.69, 9.17) is 23.7 Å². The average molecular weight is 384 g/mol. The fraction of sp³-hybridized carbons (Fsp3) is 0.318. The number of ether oxygens (including phenoxy) is 5. The molecule has 6 heteroatoms. The van der Waals surface area contributed by atoms with Gasteiger partial charge in [0.1, 0.15) is 30.5 Å². The third kappa shape index (κ3) is 5.12. The largest absolute Gasteiger partial charge is 0.491 e. The molecule has 28 heavy (non-hydrogen) atoms. The maximum absolute atomic E-state index is 12.5. The predicted molar refractivity (Wildman–Crippen MR) is 105 cm³/mol. The zero-order valence-corrected chi connectivity index (χ0v) is 16.1. The minimum Gasteiger partial charge on any atom is -0.491 e. The molecule has 3 rings (SSSR count). The van der Waals surface area contributed by atoms with Gasteiger partial charge in [0.25, 0.3) is 0 Å². The van der Waals surface area contributed by atoms with Crippen LogP contribution >= 0.6 is 0 Å². The van der Waals surface area contributed by atoms with Crippen molar-refractivity contribution in [3.05, 3.63) is 59.2 Å². The van der Waals surface area contributed by atoms with Gasteiger partial charge in [-0.3, -0.25) is 0 Å². The summed E-state index contributed by atoms with van der Waals surface area (Å²) in [4.78, 5) is 12.5. The van der Waals surface area contributed by atoms with Crippen LogP contribution in [-0.4, -0.2) is 46.6 Å². The third-order valence-electron chi connectivity index (χ3n) is 4.22. The smallest absolute Gasteiger partial charge is 0.339 e. The van der Waals surface area contributed by atoms with Crippen molar-refractivity contribution in [1.29, 1.82) is 0 Å². The zero-order valence-electron chi connectivity index (χ0n) is 16.1. The molecule has 0 radical (unpaired) electrons. The molecule has 0 fully saturated rings. The molecular formula is C22H24O6. The van der Waals surface area contributed by atoms with Crippen molar-refractivity contribution < 1.29 is 28.5 Å². The van der Waals surface area contributed by atoms with E-state index in [2.05, 4.69) is 0 Å². The molecule has 1 aliphatic rings. The molecule has 0 amide bonds. The fourth-order valence-electron chi connectivity index (χ4n) is 2.84. The van der Waals surface area contributed by atoms with E-state index in [1.165, 1.54) is 0 Å². The summed E-state index contributed by atoms with van der Waals surface area (Å²) in [5, 5.41) is 0. The van der Waals surface area contributed by atoms with Crippen molar-refractivity contribution in [2.24, 2.45) is 0 Å². The van der Waals surface area contributed by atoms with Gasteiger partial charge < -0.3 is 23.7 Å². The monoisotopic (exact) mass is 384 g/mol. The predicted octanol–water partition coefficient (Wildman–Crippen LogP) is 3.28. The molecule has 0 saturated carbocycles. The van der Waals surface area contributed by atoms with E-state index in [1.807, 2.05) is 42.5 Å². The van der Waals surface area contributed by atoms with E-state index < -0.39 is 0 Å². The van der Waals surface area contributed by atoms with Crippen LogP contribution in [0.2, 0.25) is 0 Å². The maximum Gasteiger partial charge on any atom is 0.339 e. The van der Waals surface area contributed by atoms with Gasteiger partial charge in [0.05, 0.1) is 13.2 Å². The van der Waals surface area contributed by atoms with Gasteiger partial charge in [-0.25, -0.2) is 4.79 Å². The first-order valence-electron chi connectivity index (χ1n) is 9.09. The lowest BCUT2D eigenvalue weighted by Crippen LogP contribution is -2.20. The van der Waals surface area contributed by atoms with E-state index in [-0.39, 0.29) is 5.97 Å². The van der Waals surface area contributed by atoms with Gasteiger partial charge in [0.2, 0.25) is 0 Å². The first-order valence-corrected chi connectivity index (χ1v) is 9.09. The SMILES string of the molecule is COCCOc1cc(OCCOC)c2c(c1)OC(=O)C(=Cc1ccccc1)C2. The summed E-state index contributed by atoms with van der Waals surface area (Å²) < 4.78 is 27.2. The van der Waals surface area contributed by atoms with E-state index in [9.17, 15) is 4.79 Å². The van der Waals surface area contributed by atoms with Crippen LogP contribution in [-0.2, 0) is 20.7 Å². The van der Waals surface area contributed by atoms with Crippen LogP contribution in [0.3, 0.4) is 0 Å². The lowest BCUT2D eigenvalue weighted by molar-refractivity contribution is -0.130. The Bertz CT molecular complexity index is 828. The van der Waals surface area contributed by atoms with Crippen LogP contribution < -0.4 is 14.2 Å². The van der Waals surface area contributed by atoms with Gasteiger partial charge in [0, 0.05) is 43.9 Å². The molecule has 0 saturated heterocycles. The molecule has 0 atom stereocenters. The van der Waals surface area contributed by atoms with Crippen molar-refractivity contribution in [1.82, 2.24) is 0 Å². The molecule has 0 N–H and O–H groups in total. The molecule has 1 heterocycles.